The largest absolute Gasteiger partial charge is 0.465 e. The lowest BCUT2D eigenvalue weighted by molar-refractivity contribution is -0.147. The Hall–Kier alpha value is -1.39. The SMILES string of the molecule is CCCCCC(CCCCC)CCCC(=O)OCC(C)(C)CCCCC(O)CCCCCCCOCc1ccccc1. The van der Waals surface area contributed by atoms with Crippen LogP contribution in [0.3, 0.4) is 0 Å². The van der Waals surface area contributed by atoms with E-state index in [4.69, 9.17) is 9.47 Å². The fourth-order valence-electron chi connectivity index (χ4n) is 5.76. The van der Waals surface area contributed by atoms with E-state index in [1.165, 1.54) is 82.6 Å². The van der Waals surface area contributed by atoms with E-state index < -0.39 is 0 Å². The van der Waals surface area contributed by atoms with E-state index in [0.717, 1.165) is 63.9 Å². The molecule has 0 aliphatic carbocycles. The van der Waals surface area contributed by atoms with Crippen LogP contribution >= 0.6 is 0 Å². The monoisotopic (exact) mass is 589 g/mol. The first-order valence-corrected chi connectivity index (χ1v) is 17.8. The Balaban J connectivity index is 2.02. The van der Waals surface area contributed by atoms with Gasteiger partial charge in [-0.3, -0.25) is 4.79 Å². The molecule has 0 radical (unpaired) electrons. The Morgan fingerprint density at radius 2 is 1.31 bits per heavy atom. The summed E-state index contributed by atoms with van der Waals surface area (Å²) in [6, 6.07) is 10.3. The molecule has 0 aromatic heterocycles. The highest BCUT2D eigenvalue weighted by atomic mass is 16.5. The van der Waals surface area contributed by atoms with Gasteiger partial charge in [0.25, 0.3) is 0 Å². The molecule has 1 atom stereocenters. The number of benzene rings is 1. The maximum absolute atomic E-state index is 12.4. The molecule has 0 heterocycles. The zero-order valence-electron chi connectivity index (χ0n) is 28.2. The Morgan fingerprint density at radius 3 is 1.98 bits per heavy atom. The first-order chi connectivity index (χ1) is 20.4. The van der Waals surface area contributed by atoms with Crippen molar-refractivity contribution >= 4 is 5.97 Å². The maximum Gasteiger partial charge on any atom is 0.305 e. The second-order valence-corrected chi connectivity index (χ2v) is 13.6. The van der Waals surface area contributed by atoms with Gasteiger partial charge in [-0.15, -0.1) is 0 Å². The number of aliphatic hydroxyl groups excluding tert-OH is 1. The summed E-state index contributed by atoms with van der Waals surface area (Å²) >= 11 is 0. The summed E-state index contributed by atoms with van der Waals surface area (Å²) in [6.45, 7) is 11.0. The molecule has 1 aromatic rings. The van der Waals surface area contributed by atoms with Crippen LogP contribution in [0, 0.1) is 11.3 Å². The van der Waals surface area contributed by atoms with E-state index in [0.29, 0.717) is 19.6 Å². The Labute approximate surface area is 260 Å². The van der Waals surface area contributed by atoms with Crippen LogP contribution in [0.25, 0.3) is 0 Å². The number of carbonyl (C=O) groups is 1. The molecule has 0 spiro atoms. The summed E-state index contributed by atoms with van der Waals surface area (Å²) in [5, 5.41) is 10.4. The predicted molar refractivity (Wildman–Crippen MR) is 179 cm³/mol. The van der Waals surface area contributed by atoms with Gasteiger partial charge in [0.1, 0.15) is 0 Å². The number of esters is 1. The summed E-state index contributed by atoms with van der Waals surface area (Å²) < 4.78 is 11.5. The van der Waals surface area contributed by atoms with Crippen molar-refractivity contribution in [3.8, 4) is 0 Å². The molecule has 0 bridgehead atoms. The first kappa shape index (κ1) is 38.6. The molecular formula is C38H68O4. The van der Waals surface area contributed by atoms with Crippen LogP contribution in [-0.4, -0.2) is 30.4 Å². The molecule has 4 nitrogen and oxygen atoms in total. The minimum Gasteiger partial charge on any atom is -0.465 e. The van der Waals surface area contributed by atoms with Crippen molar-refractivity contribution in [2.75, 3.05) is 13.2 Å². The second kappa shape index (κ2) is 26.1. The van der Waals surface area contributed by atoms with Gasteiger partial charge in [-0.2, -0.15) is 0 Å². The molecular weight excluding hydrogens is 520 g/mol. The van der Waals surface area contributed by atoms with Crippen molar-refractivity contribution in [2.24, 2.45) is 11.3 Å². The summed E-state index contributed by atoms with van der Waals surface area (Å²) in [5.74, 6) is 0.747. The molecule has 0 saturated carbocycles. The van der Waals surface area contributed by atoms with E-state index in [2.05, 4.69) is 52.0 Å². The average Bonchev–Trinajstić information content (AvgIpc) is 2.98. The van der Waals surface area contributed by atoms with Crippen molar-refractivity contribution < 1.29 is 19.4 Å². The van der Waals surface area contributed by atoms with Crippen LogP contribution in [0.1, 0.15) is 168 Å². The number of rotatable bonds is 29. The van der Waals surface area contributed by atoms with Gasteiger partial charge in [-0.05, 0) is 55.4 Å². The van der Waals surface area contributed by atoms with Gasteiger partial charge in [0, 0.05) is 13.0 Å². The van der Waals surface area contributed by atoms with Crippen LogP contribution in [0.15, 0.2) is 30.3 Å². The van der Waals surface area contributed by atoms with Gasteiger partial charge in [0.15, 0.2) is 0 Å². The molecule has 244 valence electrons. The van der Waals surface area contributed by atoms with Crippen molar-refractivity contribution in [3.63, 3.8) is 0 Å². The third-order valence-electron chi connectivity index (χ3n) is 8.63. The summed E-state index contributed by atoms with van der Waals surface area (Å²) in [5.41, 5.74) is 1.23. The summed E-state index contributed by atoms with van der Waals surface area (Å²) in [4.78, 5) is 12.4. The Kier molecular flexibility index (Phi) is 24.0. The van der Waals surface area contributed by atoms with Crippen LogP contribution in [0.4, 0.5) is 0 Å². The predicted octanol–water partition coefficient (Wildman–Crippen LogP) is 11.0. The first-order valence-electron chi connectivity index (χ1n) is 17.8. The molecule has 1 aromatic carbocycles. The molecule has 4 heteroatoms. The smallest absolute Gasteiger partial charge is 0.305 e. The summed E-state index contributed by atoms with van der Waals surface area (Å²) in [7, 11) is 0. The Morgan fingerprint density at radius 1 is 0.738 bits per heavy atom. The molecule has 1 N–H and O–H groups in total. The maximum atomic E-state index is 12.4. The van der Waals surface area contributed by atoms with Gasteiger partial charge in [0.2, 0.25) is 0 Å². The molecule has 0 fully saturated rings. The van der Waals surface area contributed by atoms with Crippen LogP contribution in [-0.2, 0) is 20.9 Å². The van der Waals surface area contributed by atoms with Gasteiger partial charge in [-0.1, -0.05) is 148 Å². The highest BCUT2D eigenvalue weighted by molar-refractivity contribution is 5.69. The number of carbonyl (C=O) groups excluding carboxylic acids is 1. The molecule has 0 aliphatic heterocycles. The average molecular weight is 589 g/mol. The fraction of sp³-hybridized carbons (Fsp3) is 0.816. The third kappa shape index (κ3) is 23.1. The quantitative estimate of drug-likeness (QED) is 0.0747. The zero-order chi connectivity index (χ0) is 30.7. The van der Waals surface area contributed by atoms with Gasteiger partial charge >= 0.3 is 5.97 Å². The number of ether oxygens (including phenoxy) is 2. The molecule has 1 rings (SSSR count). The topological polar surface area (TPSA) is 55.8 Å². The lowest BCUT2D eigenvalue weighted by Gasteiger charge is -2.24. The van der Waals surface area contributed by atoms with E-state index in [1.807, 2.05) is 6.07 Å². The minimum absolute atomic E-state index is 0.00569. The molecule has 42 heavy (non-hydrogen) atoms. The van der Waals surface area contributed by atoms with Crippen molar-refractivity contribution in [1.29, 1.82) is 0 Å². The third-order valence-corrected chi connectivity index (χ3v) is 8.63. The lowest BCUT2D eigenvalue weighted by Crippen LogP contribution is -2.22. The highest BCUT2D eigenvalue weighted by Gasteiger charge is 2.20. The normalized spacial score (nSPS) is 12.6. The minimum atomic E-state index is -0.187. The number of aliphatic hydroxyl groups is 1. The molecule has 1 unspecified atom stereocenters. The van der Waals surface area contributed by atoms with Crippen LogP contribution < -0.4 is 0 Å². The van der Waals surface area contributed by atoms with E-state index >= 15 is 0 Å². The van der Waals surface area contributed by atoms with Gasteiger partial charge in [0.05, 0.1) is 19.3 Å². The summed E-state index contributed by atoms with van der Waals surface area (Å²) in [6.07, 6.45) is 23.7. The number of hydrogen-bond donors (Lipinski definition) is 1. The highest BCUT2D eigenvalue weighted by Crippen LogP contribution is 2.26. The van der Waals surface area contributed by atoms with Gasteiger partial charge < -0.3 is 14.6 Å². The Bertz CT molecular complexity index is 722. The van der Waals surface area contributed by atoms with Crippen molar-refractivity contribution in [3.05, 3.63) is 35.9 Å². The molecule has 0 aliphatic rings. The van der Waals surface area contributed by atoms with E-state index in [1.54, 1.807) is 0 Å². The van der Waals surface area contributed by atoms with Crippen molar-refractivity contribution in [1.82, 2.24) is 0 Å². The number of hydrogen-bond acceptors (Lipinski definition) is 4. The van der Waals surface area contributed by atoms with Crippen LogP contribution in [0.5, 0.6) is 0 Å². The molecule has 0 saturated heterocycles. The van der Waals surface area contributed by atoms with Gasteiger partial charge in [-0.25, -0.2) is 0 Å². The van der Waals surface area contributed by atoms with E-state index in [-0.39, 0.29) is 17.5 Å². The lowest BCUT2D eigenvalue weighted by atomic mass is 9.87. The fourth-order valence-corrected chi connectivity index (χ4v) is 5.76. The zero-order valence-corrected chi connectivity index (χ0v) is 28.2. The second-order valence-electron chi connectivity index (χ2n) is 13.6. The number of unbranched alkanes of at least 4 members (excludes halogenated alkanes) is 9. The molecule has 0 amide bonds. The van der Waals surface area contributed by atoms with Crippen molar-refractivity contribution in [2.45, 2.75) is 175 Å². The van der Waals surface area contributed by atoms with Crippen LogP contribution in [0.2, 0.25) is 0 Å². The standard InChI is InChI=1S/C38H68O4/c1-5-7-13-22-34(23-14-8-6-2)26-21-29-37(40)42-33-38(3,4)30-19-18-28-36(39)27-17-10-9-11-20-31-41-32-35-24-15-12-16-25-35/h12,15-16,24-25,34,36,39H,5-11,13-14,17-23,26-33H2,1-4H3. The van der Waals surface area contributed by atoms with E-state index in [9.17, 15) is 9.90 Å².